The van der Waals surface area contributed by atoms with Gasteiger partial charge < -0.3 is 10.6 Å². The van der Waals surface area contributed by atoms with Gasteiger partial charge in [0.25, 0.3) is 5.78 Å². The second kappa shape index (κ2) is 6.93. The Labute approximate surface area is 135 Å². The molecule has 0 saturated heterocycles. The second-order valence-corrected chi connectivity index (χ2v) is 6.44. The van der Waals surface area contributed by atoms with E-state index >= 15 is 0 Å². The van der Waals surface area contributed by atoms with Gasteiger partial charge in [0.05, 0.1) is 0 Å². The molecule has 0 spiro atoms. The minimum Gasteiger partial charge on any atom is -0.368 e. The van der Waals surface area contributed by atoms with Gasteiger partial charge in [-0.05, 0) is 25.7 Å². The van der Waals surface area contributed by atoms with Crippen LogP contribution in [0.5, 0.6) is 0 Å². The van der Waals surface area contributed by atoms with Gasteiger partial charge in [0.2, 0.25) is 5.91 Å². The van der Waals surface area contributed by atoms with E-state index in [2.05, 4.69) is 32.6 Å². The number of fused-ring (bicyclic) bond motifs is 1. The Morgan fingerprint density at radius 1 is 1.39 bits per heavy atom. The summed E-state index contributed by atoms with van der Waals surface area (Å²) in [7, 11) is 0. The Morgan fingerprint density at radius 3 is 3.09 bits per heavy atom. The van der Waals surface area contributed by atoms with Gasteiger partial charge in [-0.2, -0.15) is 14.6 Å². The van der Waals surface area contributed by atoms with Crippen molar-refractivity contribution in [3.05, 3.63) is 18.1 Å². The molecule has 1 aliphatic rings. The number of rotatable bonds is 5. The molecule has 2 N–H and O–H groups in total. The zero-order valence-electron chi connectivity index (χ0n) is 13.7. The van der Waals surface area contributed by atoms with Gasteiger partial charge >= 0.3 is 0 Å². The molecule has 0 unspecified atom stereocenters. The first-order valence-corrected chi connectivity index (χ1v) is 8.32. The highest BCUT2D eigenvalue weighted by atomic mass is 16.1. The molecule has 2 heterocycles. The van der Waals surface area contributed by atoms with Gasteiger partial charge in [0, 0.05) is 30.8 Å². The maximum absolute atomic E-state index is 12.2. The predicted molar refractivity (Wildman–Crippen MR) is 88.1 cm³/mol. The Kier molecular flexibility index (Phi) is 4.73. The fraction of sp³-hybridized carbons (Fsp3) is 0.625. The van der Waals surface area contributed by atoms with E-state index in [-0.39, 0.29) is 11.8 Å². The van der Waals surface area contributed by atoms with Crippen molar-refractivity contribution in [3.63, 3.8) is 0 Å². The third-order valence-electron chi connectivity index (χ3n) is 4.42. The second-order valence-electron chi connectivity index (χ2n) is 6.44. The molecule has 7 heteroatoms. The number of carbonyl (C=O) groups excluding carboxylic acids is 1. The normalized spacial score (nSPS) is 21.3. The number of hydrogen-bond acceptors (Lipinski definition) is 5. The summed E-state index contributed by atoms with van der Waals surface area (Å²) in [6, 6.07) is 1.92. The van der Waals surface area contributed by atoms with Crippen molar-refractivity contribution in [2.24, 2.45) is 11.8 Å². The lowest BCUT2D eigenvalue weighted by Crippen LogP contribution is -2.36. The van der Waals surface area contributed by atoms with Gasteiger partial charge in [-0.3, -0.25) is 4.79 Å². The minimum absolute atomic E-state index is 0.184. The molecule has 2 atom stereocenters. The smallest absolute Gasteiger partial charge is 0.254 e. The van der Waals surface area contributed by atoms with Gasteiger partial charge in [-0.25, -0.2) is 4.98 Å². The predicted octanol–water partition coefficient (Wildman–Crippen LogP) is 1.79. The van der Waals surface area contributed by atoms with E-state index in [1.165, 1.54) is 12.7 Å². The fourth-order valence-corrected chi connectivity index (χ4v) is 3.25. The number of hydrogen-bond donors (Lipinski definition) is 2. The van der Waals surface area contributed by atoms with Crippen LogP contribution < -0.4 is 10.6 Å². The first-order valence-electron chi connectivity index (χ1n) is 8.32. The molecule has 0 radical (unpaired) electrons. The van der Waals surface area contributed by atoms with Crippen LogP contribution in [-0.4, -0.2) is 38.6 Å². The van der Waals surface area contributed by atoms with Crippen molar-refractivity contribution in [2.75, 3.05) is 18.4 Å². The highest BCUT2D eigenvalue weighted by molar-refractivity contribution is 5.78. The molecule has 1 aliphatic carbocycles. The number of aromatic nitrogens is 4. The molecule has 7 nitrogen and oxygen atoms in total. The van der Waals surface area contributed by atoms with Crippen LogP contribution in [0.4, 0.5) is 5.82 Å². The summed E-state index contributed by atoms with van der Waals surface area (Å²) in [6.45, 7) is 5.40. The van der Waals surface area contributed by atoms with E-state index in [4.69, 9.17) is 0 Å². The number of anilines is 1. The summed E-state index contributed by atoms with van der Waals surface area (Å²) in [4.78, 5) is 20.6. The number of aryl methyl sites for hydroxylation is 1. The van der Waals surface area contributed by atoms with Crippen molar-refractivity contribution < 1.29 is 4.79 Å². The average Bonchev–Trinajstić information content (AvgIpc) is 2.99. The van der Waals surface area contributed by atoms with Crippen LogP contribution in [0.15, 0.2) is 12.4 Å². The fourth-order valence-electron chi connectivity index (χ4n) is 3.25. The molecule has 1 fully saturated rings. The zero-order chi connectivity index (χ0) is 16.2. The van der Waals surface area contributed by atoms with Crippen LogP contribution in [0.2, 0.25) is 0 Å². The van der Waals surface area contributed by atoms with E-state index in [1.54, 1.807) is 4.52 Å². The molecule has 23 heavy (non-hydrogen) atoms. The number of amides is 1. The Bertz CT molecular complexity index is 682. The van der Waals surface area contributed by atoms with E-state index in [0.717, 1.165) is 30.8 Å². The van der Waals surface area contributed by atoms with E-state index in [0.29, 0.717) is 24.8 Å². The van der Waals surface area contributed by atoms with E-state index < -0.39 is 0 Å². The summed E-state index contributed by atoms with van der Waals surface area (Å²) < 4.78 is 1.66. The molecule has 0 aliphatic heterocycles. The molecule has 3 rings (SSSR count). The Morgan fingerprint density at radius 2 is 2.26 bits per heavy atom. The standard InChI is InChI=1S/C16H24N6O/c1-11-4-3-5-13(8-11)15(23)18-7-6-17-14-9-12(2)21-16-19-10-20-22(14)16/h9-11,13,17H,3-8H2,1-2H3,(H,18,23)/t11-,13-/m0/s1. The summed E-state index contributed by atoms with van der Waals surface area (Å²) in [5, 5.41) is 10.5. The van der Waals surface area contributed by atoms with Gasteiger partial charge in [-0.1, -0.05) is 19.8 Å². The van der Waals surface area contributed by atoms with E-state index in [9.17, 15) is 4.79 Å². The summed E-state index contributed by atoms with van der Waals surface area (Å²) in [6.07, 6.45) is 5.94. The van der Waals surface area contributed by atoms with Crippen molar-refractivity contribution in [3.8, 4) is 0 Å². The maximum Gasteiger partial charge on any atom is 0.254 e. The zero-order valence-corrected chi connectivity index (χ0v) is 13.7. The minimum atomic E-state index is 0.184. The van der Waals surface area contributed by atoms with Crippen LogP contribution in [-0.2, 0) is 4.79 Å². The molecule has 1 amide bonds. The molecule has 1 saturated carbocycles. The van der Waals surface area contributed by atoms with Crippen molar-refractivity contribution in [2.45, 2.75) is 39.5 Å². The Hall–Kier alpha value is -2.18. The van der Waals surface area contributed by atoms with Crippen LogP contribution in [0.1, 0.15) is 38.3 Å². The quantitative estimate of drug-likeness (QED) is 0.822. The van der Waals surface area contributed by atoms with Gasteiger partial charge in [0.1, 0.15) is 12.1 Å². The van der Waals surface area contributed by atoms with Crippen molar-refractivity contribution >= 4 is 17.5 Å². The SMILES string of the molecule is Cc1cc(NCCNC(=O)[C@H]2CCC[C@H](C)C2)n2ncnc2n1. The van der Waals surface area contributed by atoms with Crippen molar-refractivity contribution in [1.29, 1.82) is 0 Å². The molecular weight excluding hydrogens is 292 g/mol. The number of carbonyl (C=O) groups is 1. The summed E-state index contributed by atoms with van der Waals surface area (Å²) in [5.74, 6) is 2.45. The molecule has 2 aromatic heterocycles. The highest BCUT2D eigenvalue weighted by Crippen LogP contribution is 2.28. The number of nitrogens with zero attached hydrogens (tertiary/aromatic N) is 4. The van der Waals surface area contributed by atoms with Gasteiger partial charge in [0.15, 0.2) is 0 Å². The lowest BCUT2D eigenvalue weighted by Gasteiger charge is -2.25. The third kappa shape index (κ3) is 3.78. The first-order chi connectivity index (χ1) is 11.1. The van der Waals surface area contributed by atoms with Crippen molar-refractivity contribution in [1.82, 2.24) is 24.9 Å². The molecular formula is C16H24N6O. The number of nitrogens with one attached hydrogen (secondary N) is 2. The Balaban J connectivity index is 1.49. The summed E-state index contributed by atoms with van der Waals surface area (Å²) >= 11 is 0. The average molecular weight is 316 g/mol. The van der Waals surface area contributed by atoms with E-state index in [1.807, 2.05) is 13.0 Å². The molecule has 0 bridgehead atoms. The highest BCUT2D eigenvalue weighted by Gasteiger charge is 2.24. The van der Waals surface area contributed by atoms with Crippen LogP contribution in [0.25, 0.3) is 5.78 Å². The maximum atomic E-state index is 12.2. The largest absolute Gasteiger partial charge is 0.368 e. The molecule has 2 aromatic rings. The monoisotopic (exact) mass is 316 g/mol. The van der Waals surface area contributed by atoms with Gasteiger partial charge in [-0.15, -0.1) is 0 Å². The van der Waals surface area contributed by atoms with Crippen LogP contribution in [0.3, 0.4) is 0 Å². The first kappa shape index (κ1) is 15.7. The lowest BCUT2D eigenvalue weighted by atomic mass is 9.82. The molecule has 0 aromatic carbocycles. The van der Waals surface area contributed by atoms with Crippen LogP contribution in [0, 0.1) is 18.8 Å². The summed E-state index contributed by atoms with van der Waals surface area (Å²) in [5.41, 5.74) is 0.883. The third-order valence-corrected chi connectivity index (χ3v) is 4.42. The topological polar surface area (TPSA) is 84.2 Å². The molecule has 124 valence electrons. The lowest BCUT2D eigenvalue weighted by molar-refractivity contribution is -0.126. The van der Waals surface area contributed by atoms with Crippen LogP contribution >= 0.6 is 0 Å².